The van der Waals surface area contributed by atoms with E-state index < -0.39 is 11.2 Å². The SMILES string of the molecule is Cc1ccccc1C(=O)Cn1c(=O)n(N)c(=O)c2c(C)c(-n3cccn3)sc21. The molecule has 0 radical (unpaired) electrons. The van der Waals surface area contributed by atoms with E-state index in [-0.39, 0.29) is 12.3 Å². The highest BCUT2D eigenvalue weighted by Crippen LogP contribution is 2.30. The van der Waals surface area contributed by atoms with Crippen LogP contribution in [0.3, 0.4) is 0 Å². The number of aryl methyl sites for hydroxylation is 2. The number of benzene rings is 1. The Kier molecular flexibility index (Phi) is 4.23. The molecule has 1 aromatic carbocycles. The van der Waals surface area contributed by atoms with Gasteiger partial charge in [-0.25, -0.2) is 9.48 Å². The lowest BCUT2D eigenvalue weighted by atomic mass is 10.1. The normalized spacial score (nSPS) is 11.2. The quantitative estimate of drug-likeness (QED) is 0.418. The lowest BCUT2D eigenvalue weighted by Gasteiger charge is -2.10. The van der Waals surface area contributed by atoms with E-state index in [1.54, 1.807) is 42.2 Å². The fraction of sp³-hybridized carbons (Fsp3) is 0.158. The summed E-state index contributed by atoms with van der Waals surface area (Å²) in [6.07, 6.45) is 3.37. The van der Waals surface area contributed by atoms with Gasteiger partial charge in [0.2, 0.25) is 0 Å². The van der Waals surface area contributed by atoms with Crippen molar-refractivity contribution in [3.63, 3.8) is 0 Å². The molecule has 9 heteroatoms. The molecule has 2 N–H and O–H groups in total. The number of fused-ring (bicyclic) bond motifs is 1. The predicted octanol–water partition coefficient (Wildman–Crippen LogP) is 1.62. The van der Waals surface area contributed by atoms with Gasteiger partial charge >= 0.3 is 5.69 Å². The summed E-state index contributed by atoms with van der Waals surface area (Å²) in [5.41, 5.74) is 0.680. The summed E-state index contributed by atoms with van der Waals surface area (Å²) in [4.78, 5) is 38.6. The Hall–Kier alpha value is -3.46. The number of carbonyl (C=O) groups excluding carboxylic acids is 1. The molecule has 8 nitrogen and oxygen atoms in total. The van der Waals surface area contributed by atoms with Crippen LogP contribution in [-0.2, 0) is 6.54 Å². The van der Waals surface area contributed by atoms with Gasteiger partial charge in [0, 0.05) is 23.5 Å². The second kappa shape index (κ2) is 6.61. The van der Waals surface area contributed by atoms with E-state index in [2.05, 4.69) is 5.10 Å². The van der Waals surface area contributed by atoms with Gasteiger partial charge in [-0.15, -0.1) is 0 Å². The topological polar surface area (TPSA) is 105 Å². The molecule has 4 rings (SSSR count). The molecule has 0 aliphatic carbocycles. The van der Waals surface area contributed by atoms with Crippen LogP contribution in [0.15, 0.2) is 52.3 Å². The van der Waals surface area contributed by atoms with E-state index in [0.29, 0.717) is 31.0 Å². The second-order valence-electron chi connectivity index (χ2n) is 6.44. The second-order valence-corrected chi connectivity index (χ2v) is 7.42. The monoisotopic (exact) mass is 395 g/mol. The highest BCUT2D eigenvalue weighted by atomic mass is 32.1. The molecule has 0 fully saturated rings. The van der Waals surface area contributed by atoms with Gasteiger partial charge in [0.25, 0.3) is 5.56 Å². The molecule has 142 valence electrons. The lowest BCUT2D eigenvalue weighted by molar-refractivity contribution is 0.0971. The first kappa shape index (κ1) is 17.9. The molecule has 28 heavy (non-hydrogen) atoms. The van der Waals surface area contributed by atoms with Crippen LogP contribution in [-0.4, -0.2) is 24.8 Å². The summed E-state index contributed by atoms with van der Waals surface area (Å²) in [5, 5.41) is 5.21. The Balaban J connectivity index is 1.95. The van der Waals surface area contributed by atoms with E-state index in [1.165, 1.54) is 15.9 Å². The maximum Gasteiger partial charge on any atom is 0.351 e. The number of carbonyl (C=O) groups is 1. The zero-order chi connectivity index (χ0) is 20.0. The van der Waals surface area contributed by atoms with Crippen LogP contribution in [0.25, 0.3) is 15.2 Å². The van der Waals surface area contributed by atoms with Crippen LogP contribution in [0, 0.1) is 13.8 Å². The first-order valence-electron chi connectivity index (χ1n) is 8.53. The van der Waals surface area contributed by atoms with E-state index in [1.807, 2.05) is 19.1 Å². The van der Waals surface area contributed by atoms with Crippen LogP contribution in [0.5, 0.6) is 0 Å². The smallest absolute Gasteiger partial charge is 0.332 e. The molecule has 0 spiro atoms. The standard InChI is InChI=1S/C19H17N5O3S/c1-11-6-3-4-7-13(11)14(25)10-22-18-15(16(26)24(20)19(22)27)12(2)17(28-18)23-9-5-8-21-23/h3-9H,10,20H2,1-2H3. The van der Waals surface area contributed by atoms with Crippen LogP contribution in [0.4, 0.5) is 0 Å². The molecule has 3 aromatic heterocycles. The van der Waals surface area contributed by atoms with E-state index >= 15 is 0 Å². The van der Waals surface area contributed by atoms with Crippen molar-refractivity contribution >= 4 is 27.3 Å². The number of rotatable bonds is 4. The Bertz CT molecular complexity index is 1330. The highest BCUT2D eigenvalue weighted by Gasteiger charge is 2.22. The maximum absolute atomic E-state index is 12.8. The first-order chi connectivity index (χ1) is 13.4. The first-order valence-corrected chi connectivity index (χ1v) is 9.34. The highest BCUT2D eigenvalue weighted by molar-refractivity contribution is 7.21. The number of aromatic nitrogens is 4. The molecular weight excluding hydrogens is 378 g/mol. The maximum atomic E-state index is 12.8. The Morgan fingerprint density at radius 3 is 2.61 bits per heavy atom. The summed E-state index contributed by atoms with van der Waals surface area (Å²) < 4.78 is 3.44. The number of nitrogens with two attached hydrogens (primary N) is 1. The van der Waals surface area contributed by atoms with Crippen molar-refractivity contribution in [2.75, 3.05) is 5.84 Å². The summed E-state index contributed by atoms with van der Waals surface area (Å²) in [5.74, 6) is 5.50. The minimum atomic E-state index is -0.729. The number of hydrogen-bond acceptors (Lipinski definition) is 6. The molecule has 3 heterocycles. The zero-order valence-electron chi connectivity index (χ0n) is 15.2. The molecule has 0 bridgehead atoms. The van der Waals surface area contributed by atoms with Crippen LogP contribution in [0.2, 0.25) is 0 Å². The van der Waals surface area contributed by atoms with Crippen molar-refractivity contribution in [2.24, 2.45) is 0 Å². The molecule has 0 atom stereocenters. The van der Waals surface area contributed by atoms with Crippen LogP contribution >= 0.6 is 11.3 Å². The van der Waals surface area contributed by atoms with E-state index in [0.717, 1.165) is 5.56 Å². The van der Waals surface area contributed by atoms with Gasteiger partial charge in [-0.1, -0.05) is 35.6 Å². The zero-order valence-corrected chi connectivity index (χ0v) is 16.1. The minimum Gasteiger partial charge on any atom is -0.332 e. The van der Waals surface area contributed by atoms with Gasteiger partial charge in [-0.3, -0.25) is 14.2 Å². The summed E-state index contributed by atoms with van der Waals surface area (Å²) in [6.45, 7) is 3.39. The van der Waals surface area contributed by atoms with Gasteiger partial charge in [-0.2, -0.15) is 9.77 Å². The molecule has 0 aliphatic rings. The number of nitrogen functional groups attached to an aromatic ring is 1. The van der Waals surface area contributed by atoms with Gasteiger partial charge < -0.3 is 5.84 Å². The van der Waals surface area contributed by atoms with Crippen molar-refractivity contribution in [3.8, 4) is 5.00 Å². The van der Waals surface area contributed by atoms with Gasteiger partial charge in [0.1, 0.15) is 9.83 Å². The molecule has 0 unspecified atom stereocenters. The van der Waals surface area contributed by atoms with Crippen molar-refractivity contribution in [1.82, 2.24) is 19.0 Å². The third-order valence-electron chi connectivity index (χ3n) is 4.68. The third kappa shape index (κ3) is 2.67. The number of ketones is 1. The fourth-order valence-electron chi connectivity index (χ4n) is 3.21. The van der Waals surface area contributed by atoms with Gasteiger partial charge in [-0.05, 0) is 25.5 Å². The molecule has 0 saturated heterocycles. The van der Waals surface area contributed by atoms with Gasteiger partial charge in [0.05, 0.1) is 11.9 Å². The largest absolute Gasteiger partial charge is 0.351 e. The van der Waals surface area contributed by atoms with Crippen molar-refractivity contribution in [3.05, 3.63) is 80.3 Å². The summed E-state index contributed by atoms with van der Waals surface area (Å²) in [6, 6.07) is 8.93. The van der Waals surface area contributed by atoms with Crippen LogP contribution < -0.4 is 17.1 Å². The third-order valence-corrected chi connectivity index (χ3v) is 5.98. The number of thiophene rings is 1. The predicted molar refractivity (Wildman–Crippen MR) is 108 cm³/mol. The Morgan fingerprint density at radius 2 is 1.93 bits per heavy atom. The summed E-state index contributed by atoms with van der Waals surface area (Å²) in [7, 11) is 0. The van der Waals surface area contributed by atoms with Gasteiger partial charge in [0.15, 0.2) is 5.78 Å². The van der Waals surface area contributed by atoms with Crippen molar-refractivity contribution in [2.45, 2.75) is 20.4 Å². The number of nitrogens with zero attached hydrogens (tertiary/aromatic N) is 4. The van der Waals surface area contributed by atoms with Crippen molar-refractivity contribution < 1.29 is 4.79 Å². The molecule has 0 aliphatic heterocycles. The molecule has 0 saturated carbocycles. The average molecular weight is 395 g/mol. The molecular formula is C19H17N5O3S. The van der Waals surface area contributed by atoms with E-state index in [9.17, 15) is 14.4 Å². The summed E-state index contributed by atoms with van der Waals surface area (Å²) >= 11 is 1.23. The number of hydrogen-bond donors (Lipinski definition) is 1. The van der Waals surface area contributed by atoms with Crippen molar-refractivity contribution in [1.29, 1.82) is 0 Å². The molecule has 0 amide bonds. The minimum absolute atomic E-state index is 0.212. The average Bonchev–Trinajstić information content (AvgIpc) is 3.31. The Morgan fingerprint density at radius 1 is 1.18 bits per heavy atom. The molecule has 4 aromatic rings. The van der Waals surface area contributed by atoms with Crippen LogP contribution in [0.1, 0.15) is 21.5 Å². The lowest BCUT2D eigenvalue weighted by Crippen LogP contribution is -2.45. The Labute approximate surface area is 163 Å². The van der Waals surface area contributed by atoms with E-state index in [4.69, 9.17) is 5.84 Å². The fourth-order valence-corrected chi connectivity index (χ4v) is 4.45. The number of Topliss-reactive ketones (excluding diaryl/α,β-unsaturated/α-hetero) is 1.